The van der Waals surface area contributed by atoms with Crippen molar-refractivity contribution in [2.24, 2.45) is 11.3 Å². The summed E-state index contributed by atoms with van der Waals surface area (Å²) in [5.41, 5.74) is -0.0714. The van der Waals surface area contributed by atoms with Crippen molar-refractivity contribution >= 4 is 25.0 Å². The van der Waals surface area contributed by atoms with Crippen LogP contribution in [-0.4, -0.2) is 55.9 Å². The lowest BCUT2D eigenvalue weighted by atomic mass is 9.70. The highest BCUT2D eigenvalue weighted by molar-refractivity contribution is 6.46. The fraction of sp³-hybridized carbons (Fsp3) is 0.632. The topological polar surface area (TPSA) is 120 Å². The Balaban J connectivity index is 2.11. The second-order valence-corrected chi connectivity index (χ2v) is 7.93. The molecule has 160 valence electrons. The zero-order valence-electron chi connectivity index (χ0n) is 17.4. The Morgan fingerprint density at radius 1 is 1.31 bits per heavy atom. The normalized spacial score (nSPS) is 23.8. The van der Waals surface area contributed by atoms with Gasteiger partial charge in [-0.05, 0) is 32.8 Å². The molecule has 0 saturated carbocycles. The zero-order chi connectivity index (χ0) is 21.8. The fourth-order valence-corrected chi connectivity index (χ4v) is 2.96. The molecule has 1 aliphatic heterocycles. The predicted molar refractivity (Wildman–Crippen MR) is 103 cm³/mol. The summed E-state index contributed by atoms with van der Waals surface area (Å²) in [6, 6.07) is 0. The third kappa shape index (κ3) is 5.60. The number of hydrogen-bond donors (Lipinski definition) is 2. The summed E-state index contributed by atoms with van der Waals surface area (Å²) >= 11 is 0. The molecule has 0 saturated heterocycles. The summed E-state index contributed by atoms with van der Waals surface area (Å²) in [6.45, 7) is 6.23. The van der Waals surface area contributed by atoms with Crippen LogP contribution in [0.5, 0.6) is 0 Å². The number of carbonyl (C=O) groups is 3. The van der Waals surface area contributed by atoms with Gasteiger partial charge in [-0.25, -0.2) is 0 Å². The lowest BCUT2D eigenvalue weighted by molar-refractivity contribution is -0.176. The van der Waals surface area contributed by atoms with Gasteiger partial charge in [0.15, 0.2) is 0 Å². The molecule has 2 unspecified atom stereocenters. The first-order valence-electron chi connectivity index (χ1n) is 9.50. The Morgan fingerprint density at radius 3 is 2.59 bits per heavy atom. The number of carbonyl (C=O) groups excluding carboxylic acids is 3. The molecule has 1 amide bonds. The van der Waals surface area contributed by atoms with Crippen LogP contribution < -0.4 is 5.32 Å². The summed E-state index contributed by atoms with van der Waals surface area (Å²) in [5.74, 6) is -2.80. The van der Waals surface area contributed by atoms with Gasteiger partial charge in [0.1, 0.15) is 5.92 Å². The van der Waals surface area contributed by atoms with Crippen molar-refractivity contribution in [3.8, 4) is 0 Å². The average molecular weight is 409 g/mol. The fourth-order valence-electron chi connectivity index (χ4n) is 2.96. The molecule has 29 heavy (non-hydrogen) atoms. The lowest BCUT2D eigenvalue weighted by Crippen LogP contribution is -2.52. The number of allylic oxidation sites excluding steroid dienone is 1. The van der Waals surface area contributed by atoms with Crippen molar-refractivity contribution in [2.45, 2.75) is 52.6 Å². The molecular weight excluding hydrogens is 381 g/mol. The number of nitrogens with one attached hydrogen (secondary N) is 1. The van der Waals surface area contributed by atoms with E-state index in [1.54, 1.807) is 39.8 Å². The van der Waals surface area contributed by atoms with Crippen LogP contribution in [0.15, 0.2) is 23.5 Å². The smallest absolute Gasteiger partial charge is 0.537 e. The van der Waals surface area contributed by atoms with Crippen LogP contribution in [0, 0.1) is 11.3 Å². The monoisotopic (exact) mass is 409 g/mol. The number of esters is 2. The van der Waals surface area contributed by atoms with Crippen LogP contribution >= 0.6 is 0 Å². The molecular formula is C19H28BNO8. The van der Waals surface area contributed by atoms with Crippen molar-refractivity contribution < 1.29 is 38.3 Å². The van der Waals surface area contributed by atoms with Crippen LogP contribution in [0.3, 0.4) is 0 Å². The van der Waals surface area contributed by atoms with Crippen LogP contribution in [-0.2, 0) is 33.2 Å². The van der Waals surface area contributed by atoms with Gasteiger partial charge in [0.25, 0.3) is 0 Å². The third-order valence-electron chi connectivity index (χ3n) is 4.64. The molecule has 0 aromatic carbocycles. The van der Waals surface area contributed by atoms with Gasteiger partial charge in [0.05, 0.1) is 23.2 Å². The maximum atomic E-state index is 12.7. The van der Waals surface area contributed by atoms with Gasteiger partial charge in [-0.3, -0.25) is 14.4 Å². The van der Waals surface area contributed by atoms with Crippen molar-refractivity contribution in [3.63, 3.8) is 0 Å². The van der Waals surface area contributed by atoms with Crippen molar-refractivity contribution in [2.75, 3.05) is 13.9 Å². The molecule has 2 rings (SSSR count). The number of ether oxygens (including phenoxy) is 3. The van der Waals surface area contributed by atoms with E-state index in [0.29, 0.717) is 5.57 Å². The Labute approximate surface area is 170 Å². The maximum Gasteiger partial charge on any atom is 0.546 e. The molecule has 0 bridgehead atoms. The van der Waals surface area contributed by atoms with E-state index in [1.165, 1.54) is 7.11 Å². The molecule has 2 aliphatic rings. The molecule has 0 spiro atoms. The Hall–Kier alpha value is -2.33. The highest BCUT2D eigenvalue weighted by Crippen LogP contribution is 2.35. The van der Waals surface area contributed by atoms with Gasteiger partial charge in [0, 0.05) is 13.5 Å². The van der Waals surface area contributed by atoms with E-state index in [1.807, 2.05) is 0 Å². The standard InChI is InChI=1S/C19H28BNO8/c1-6-14(22)21-13-9-11-7-8-12(26-5)15(16(11)29-20(13)25)17(23)27-10-28-18(24)19(2,3)4/h7-8,12-13,15,25H,6,9-10H2,1-5H3,(H,21,22)/t12?,13-,15?/m0/s1. The van der Waals surface area contributed by atoms with Crippen molar-refractivity contribution in [3.05, 3.63) is 23.5 Å². The first-order valence-corrected chi connectivity index (χ1v) is 9.50. The number of methoxy groups -OCH3 is 1. The van der Waals surface area contributed by atoms with E-state index in [9.17, 15) is 19.4 Å². The molecule has 9 nitrogen and oxygen atoms in total. The van der Waals surface area contributed by atoms with Crippen LogP contribution in [0.1, 0.15) is 40.5 Å². The molecule has 1 aliphatic carbocycles. The Morgan fingerprint density at radius 2 is 2.00 bits per heavy atom. The molecule has 0 fully saturated rings. The summed E-state index contributed by atoms with van der Waals surface area (Å²) in [7, 11) is 0.117. The van der Waals surface area contributed by atoms with Crippen LogP contribution in [0.2, 0.25) is 0 Å². The first-order chi connectivity index (χ1) is 13.6. The number of amides is 1. The maximum absolute atomic E-state index is 12.7. The van der Waals surface area contributed by atoms with Crippen molar-refractivity contribution in [1.29, 1.82) is 0 Å². The minimum absolute atomic E-state index is 0.215. The molecule has 10 heteroatoms. The lowest BCUT2D eigenvalue weighted by Gasteiger charge is -2.36. The second kappa shape index (κ2) is 9.45. The van der Waals surface area contributed by atoms with Crippen molar-refractivity contribution in [1.82, 2.24) is 5.32 Å². The van der Waals surface area contributed by atoms with E-state index in [2.05, 4.69) is 5.32 Å². The molecule has 1 heterocycles. The van der Waals surface area contributed by atoms with E-state index in [4.69, 9.17) is 18.9 Å². The van der Waals surface area contributed by atoms with Gasteiger partial charge >= 0.3 is 19.1 Å². The SMILES string of the molecule is CCC(=O)N[C@H]1CC2=C(OB1O)C(C(=O)OCOC(=O)C(C)(C)C)C(OC)C=C2. The summed E-state index contributed by atoms with van der Waals surface area (Å²) < 4.78 is 21.0. The molecule has 0 aromatic rings. The summed E-state index contributed by atoms with van der Waals surface area (Å²) in [5, 5.41) is 13.0. The Kier molecular flexibility index (Phi) is 7.48. The zero-order valence-corrected chi connectivity index (χ0v) is 17.4. The van der Waals surface area contributed by atoms with E-state index < -0.39 is 49.2 Å². The Bertz CT molecular complexity index is 711. The molecule has 0 radical (unpaired) electrons. The molecule has 2 N–H and O–H groups in total. The summed E-state index contributed by atoms with van der Waals surface area (Å²) in [4.78, 5) is 36.1. The number of hydrogen-bond acceptors (Lipinski definition) is 8. The van der Waals surface area contributed by atoms with Gasteiger partial charge in [-0.15, -0.1) is 0 Å². The van der Waals surface area contributed by atoms with Crippen LogP contribution in [0.25, 0.3) is 0 Å². The second-order valence-electron chi connectivity index (χ2n) is 7.93. The van der Waals surface area contributed by atoms with Gasteiger partial charge in [-0.1, -0.05) is 19.1 Å². The van der Waals surface area contributed by atoms with Gasteiger partial charge in [0.2, 0.25) is 12.7 Å². The predicted octanol–water partition coefficient (Wildman–Crippen LogP) is 0.866. The minimum atomic E-state index is -1.32. The summed E-state index contributed by atoms with van der Waals surface area (Å²) in [6.07, 6.45) is 3.32. The van der Waals surface area contributed by atoms with Gasteiger partial charge < -0.3 is 29.2 Å². The molecule has 3 atom stereocenters. The minimum Gasteiger partial charge on any atom is -0.537 e. The molecule has 0 aromatic heterocycles. The quantitative estimate of drug-likeness (QED) is 0.377. The highest BCUT2D eigenvalue weighted by Gasteiger charge is 2.45. The largest absolute Gasteiger partial charge is 0.546 e. The van der Waals surface area contributed by atoms with Crippen LogP contribution in [0.4, 0.5) is 0 Å². The first kappa shape index (κ1) is 23.0. The number of rotatable bonds is 6. The average Bonchev–Trinajstić information content (AvgIpc) is 2.66. The van der Waals surface area contributed by atoms with E-state index in [0.717, 1.165) is 0 Å². The third-order valence-corrected chi connectivity index (χ3v) is 4.64. The van der Waals surface area contributed by atoms with E-state index >= 15 is 0 Å². The van der Waals surface area contributed by atoms with E-state index in [-0.39, 0.29) is 24.5 Å². The van der Waals surface area contributed by atoms with Gasteiger partial charge in [-0.2, -0.15) is 0 Å². The highest BCUT2D eigenvalue weighted by atomic mass is 16.7.